The largest absolute Gasteiger partial charge is 0.0654 e. The van der Waals surface area contributed by atoms with E-state index in [2.05, 4.69) is 20.8 Å². The predicted molar refractivity (Wildman–Crippen MR) is 84.8 cm³/mol. The van der Waals surface area contributed by atoms with Crippen LogP contribution >= 0.6 is 0 Å². The summed E-state index contributed by atoms with van der Waals surface area (Å²) < 4.78 is 0. The van der Waals surface area contributed by atoms with Crippen LogP contribution < -0.4 is 0 Å². The highest BCUT2D eigenvalue weighted by Crippen LogP contribution is 2.22. The highest BCUT2D eigenvalue weighted by molar-refractivity contribution is 4.61. The van der Waals surface area contributed by atoms with Crippen LogP contribution in [0.15, 0.2) is 0 Å². The molecule has 18 heavy (non-hydrogen) atoms. The summed E-state index contributed by atoms with van der Waals surface area (Å²) >= 11 is 0. The zero-order chi connectivity index (χ0) is 13.5. The van der Waals surface area contributed by atoms with E-state index in [0.29, 0.717) is 0 Å². The Morgan fingerprint density at radius 3 is 1.61 bits per heavy atom. The third-order valence-corrected chi connectivity index (χ3v) is 4.04. The maximum absolute atomic E-state index is 4.03. The Balaban J connectivity index is 3.39. The van der Waals surface area contributed by atoms with E-state index in [4.69, 9.17) is 0 Å². The first-order chi connectivity index (χ1) is 8.85. The van der Waals surface area contributed by atoms with E-state index in [1.165, 1.54) is 83.5 Å². The van der Waals surface area contributed by atoms with Crippen LogP contribution in [0, 0.1) is 12.8 Å². The number of rotatable bonds is 14. The molecule has 0 saturated carbocycles. The fourth-order valence-corrected chi connectivity index (χ4v) is 2.79. The van der Waals surface area contributed by atoms with Gasteiger partial charge < -0.3 is 0 Å². The maximum Gasteiger partial charge on any atom is -0.0414 e. The SMILES string of the molecule is [CH2]CCC(CCCCC)CCCCCCCCC. The van der Waals surface area contributed by atoms with E-state index in [0.717, 1.165) is 12.3 Å². The van der Waals surface area contributed by atoms with E-state index < -0.39 is 0 Å². The average molecular weight is 253 g/mol. The van der Waals surface area contributed by atoms with Crippen LogP contribution in [-0.2, 0) is 0 Å². The van der Waals surface area contributed by atoms with Crippen LogP contribution in [0.25, 0.3) is 0 Å². The lowest BCUT2D eigenvalue weighted by atomic mass is 9.91. The summed E-state index contributed by atoms with van der Waals surface area (Å²) in [4.78, 5) is 0. The van der Waals surface area contributed by atoms with Crippen molar-refractivity contribution in [3.05, 3.63) is 6.92 Å². The minimum atomic E-state index is 0.977. The first-order valence-corrected chi connectivity index (χ1v) is 8.64. The minimum Gasteiger partial charge on any atom is -0.0654 e. The second-order valence-electron chi connectivity index (χ2n) is 5.91. The van der Waals surface area contributed by atoms with Crippen molar-refractivity contribution in [2.24, 2.45) is 5.92 Å². The van der Waals surface area contributed by atoms with Crippen molar-refractivity contribution in [1.29, 1.82) is 0 Å². The van der Waals surface area contributed by atoms with Gasteiger partial charge in [-0.05, 0) is 5.92 Å². The van der Waals surface area contributed by atoms with E-state index in [1.807, 2.05) is 0 Å². The zero-order valence-corrected chi connectivity index (χ0v) is 13.2. The molecule has 0 aliphatic rings. The lowest BCUT2D eigenvalue weighted by Gasteiger charge is -2.15. The second-order valence-corrected chi connectivity index (χ2v) is 5.91. The Hall–Kier alpha value is 0. The Morgan fingerprint density at radius 1 is 0.611 bits per heavy atom. The Labute approximate surface area is 117 Å². The predicted octanol–water partition coefficient (Wildman–Crippen LogP) is 6.94. The fraction of sp³-hybridized carbons (Fsp3) is 0.944. The van der Waals surface area contributed by atoms with Crippen LogP contribution in [0.2, 0.25) is 0 Å². The van der Waals surface area contributed by atoms with Gasteiger partial charge in [0.2, 0.25) is 0 Å². The third-order valence-electron chi connectivity index (χ3n) is 4.04. The van der Waals surface area contributed by atoms with Crippen LogP contribution in [0.5, 0.6) is 0 Å². The van der Waals surface area contributed by atoms with Crippen LogP contribution in [0.4, 0.5) is 0 Å². The molecule has 0 aliphatic heterocycles. The van der Waals surface area contributed by atoms with Crippen molar-refractivity contribution < 1.29 is 0 Å². The zero-order valence-electron chi connectivity index (χ0n) is 13.2. The van der Waals surface area contributed by atoms with E-state index in [1.54, 1.807) is 0 Å². The summed E-state index contributed by atoms with van der Waals surface area (Å²) in [5.74, 6) is 0.977. The normalized spacial score (nSPS) is 12.8. The molecule has 0 amide bonds. The summed E-state index contributed by atoms with van der Waals surface area (Å²) in [6, 6.07) is 0. The molecule has 0 aliphatic carbocycles. The molecule has 0 N–H and O–H groups in total. The molecule has 1 atom stereocenters. The molecule has 1 unspecified atom stereocenters. The second kappa shape index (κ2) is 15.1. The van der Waals surface area contributed by atoms with Gasteiger partial charge in [0.15, 0.2) is 0 Å². The highest BCUT2D eigenvalue weighted by atomic mass is 14.1. The molecule has 0 aromatic carbocycles. The molecular formula is C18H37. The molecule has 0 nitrogen and oxygen atoms in total. The van der Waals surface area contributed by atoms with Gasteiger partial charge in [0.25, 0.3) is 0 Å². The molecule has 0 spiro atoms. The van der Waals surface area contributed by atoms with Crippen LogP contribution in [0.3, 0.4) is 0 Å². The summed E-state index contributed by atoms with van der Waals surface area (Å²) in [6.07, 6.45) is 19.7. The fourth-order valence-electron chi connectivity index (χ4n) is 2.79. The molecule has 0 fully saturated rings. The quantitative estimate of drug-likeness (QED) is 0.294. The van der Waals surface area contributed by atoms with Crippen LogP contribution in [-0.4, -0.2) is 0 Å². The molecule has 109 valence electrons. The van der Waals surface area contributed by atoms with Gasteiger partial charge in [-0.25, -0.2) is 0 Å². The Morgan fingerprint density at radius 2 is 1.06 bits per heavy atom. The lowest BCUT2D eigenvalue weighted by molar-refractivity contribution is 0.385. The average Bonchev–Trinajstić information content (AvgIpc) is 2.38. The van der Waals surface area contributed by atoms with Gasteiger partial charge in [-0.1, -0.05) is 111 Å². The van der Waals surface area contributed by atoms with Crippen molar-refractivity contribution in [1.82, 2.24) is 0 Å². The number of hydrogen-bond acceptors (Lipinski definition) is 0. The summed E-state index contributed by atoms with van der Waals surface area (Å²) in [6.45, 7) is 8.62. The van der Waals surface area contributed by atoms with Crippen molar-refractivity contribution in [3.63, 3.8) is 0 Å². The topological polar surface area (TPSA) is 0 Å². The molecule has 0 bridgehead atoms. The van der Waals surface area contributed by atoms with Crippen molar-refractivity contribution in [3.8, 4) is 0 Å². The van der Waals surface area contributed by atoms with E-state index in [-0.39, 0.29) is 0 Å². The molecular weight excluding hydrogens is 216 g/mol. The molecule has 0 rings (SSSR count). The van der Waals surface area contributed by atoms with Gasteiger partial charge in [0.05, 0.1) is 0 Å². The van der Waals surface area contributed by atoms with Gasteiger partial charge in [0, 0.05) is 0 Å². The van der Waals surface area contributed by atoms with Crippen molar-refractivity contribution >= 4 is 0 Å². The van der Waals surface area contributed by atoms with Crippen LogP contribution in [0.1, 0.15) is 104 Å². The van der Waals surface area contributed by atoms with E-state index in [9.17, 15) is 0 Å². The maximum atomic E-state index is 4.03. The summed E-state index contributed by atoms with van der Waals surface area (Å²) in [5.41, 5.74) is 0. The molecule has 0 heteroatoms. The number of unbranched alkanes of at least 4 members (excludes halogenated alkanes) is 8. The Kier molecular flexibility index (Phi) is 15.1. The first kappa shape index (κ1) is 18.0. The van der Waals surface area contributed by atoms with Gasteiger partial charge >= 0.3 is 0 Å². The minimum absolute atomic E-state index is 0.977. The first-order valence-electron chi connectivity index (χ1n) is 8.64. The summed E-state index contributed by atoms with van der Waals surface area (Å²) in [5, 5.41) is 0. The number of hydrogen-bond donors (Lipinski definition) is 0. The van der Waals surface area contributed by atoms with Gasteiger partial charge in [-0.2, -0.15) is 0 Å². The third kappa shape index (κ3) is 12.5. The smallest absolute Gasteiger partial charge is 0.0414 e. The van der Waals surface area contributed by atoms with Crippen molar-refractivity contribution in [2.45, 2.75) is 104 Å². The van der Waals surface area contributed by atoms with E-state index >= 15 is 0 Å². The standard InChI is InChI=1S/C18H37/c1-4-7-9-10-11-12-14-17-18(15-6-3)16-13-8-5-2/h18H,3-17H2,1-2H3. The lowest BCUT2D eigenvalue weighted by Crippen LogP contribution is -2.00. The monoisotopic (exact) mass is 253 g/mol. The Bertz CT molecular complexity index is 139. The van der Waals surface area contributed by atoms with Gasteiger partial charge in [0.1, 0.15) is 0 Å². The molecule has 0 saturated heterocycles. The molecule has 0 aromatic rings. The summed E-state index contributed by atoms with van der Waals surface area (Å²) in [7, 11) is 0. The van der Waals surface area contributed by atoms with Gasteiger partial charge in [-0.15, -0.1) is 0 Å². The molecule has 0 aromatic heterocycles. The van der Waals surface area contributed by atoms with Crippen molar-refractivity contribution in [2.75, 3.05) is 0 Å². The highest BCUT2D eigenvalue weighted by Gasteiger charge is 2.06. The molecule has 1 radical (unpaired) electrons. The van der Waals surface area contributed by atoms with Gasteiger partial charge in [-0.3, -0.25) is 0 Å². The molecule has 0 heterocycles.